The van der Waals surface area contributed by atoms with E-state index in [1.807, 2.05) is 0 Å². The molecule has 1 rings (SSSR count). The highest BCUT2D eigenvalue weighted by atomic mass is 79.9. The normalized spacial score (nSPS) is 11.1. The smallest absolute Gasteiger partial charge is 0.412 e. The van der Waals surface area contributed by atoms with Crippen molar-refractivity contribution in [2.75, 3.05) is 4.90 Å². The van der Waals surface area contributed by atoms with Crippen LogP contribution < -0.4 is 4.90 Å². The number of anilines is 1. The van der Waals surface area contributed by atoms with Gasteiger partial charge in [-0.2, -0.15) is 0 Å². The van der Waals surface area contributed by atoms with Crippen LogP contribution in [0.15, 0.2) is 22.7 Å². The van der Waals surface area contributed by atoms with E-state index in [2.05, 4.69) is 15.9 Å². The third kappa shape index (κ3) is 2.98. The minimum Gasteiger partial charge on any atom is -0.465 e. The fraction of sp³-hybridized carbons (Fsp3) is 0.364. The summed E-state index contributed by atoms with van der Waals surface area (Å²) in [5.74, 6) is 0. The number of amides is 1. The molecule has 0 bridgehead atoms. The van der Waals surface area contributed by atoms with Crippen LogP contribution in [-0.2, 0) is 0 Å². The maximum Gasteiger partial charge on any atom is 0.412 e. The van der Waals surface area contributed by atoms with E-state index in [9.17, 15) is 20.0 Å². The summed E-state index contributed by atoms with van der Waals surface area (Å²) in [4.78, 5) is 22.7. The molecule has 7 heteroatoms. The van der Waals surface area contributed by atoms with E-state index in [4.69, 9.17) is 0 Å². The molecule has 0 unspecified atom stereocenters. The molecular weight excluding hydrogens is 304 g/mol. The zero-order chi connectivity index (χ0) is 14.1. The van der Waals surface area contributed by atoms with Gasteiger partial charge in [0.15, 0.2) is 0 Å². The van der Waals surface area contributed by atoms with Gasteiger partial charge in [0, 0.05) is 16.1 Å². The number of nitro benzene ring substituents is 1. The van der Waals surface area contributed by atoms with Crippen LogP contribution in [0.25, 0.3) is 0 Å². The first kappa shape index (κ1) is 14.4. The molecule has 0 aliphatic rings. The van der Waals surface area contributed by atoms with Crippen molar-refractivity contribution >= 4 is 33.4 Å². The Morgan fingerprint density at radius 2 is 2.00 bits per heavy atom. The summed E-state index contributed by atoms with van der Waals surface area (Å²) in [6.45, 7) is 5.02. The lowest BCUT2D eigenvalue weighted by molar-refractivity contribution is -0.384. The molecule has 0 spiro atoms. The van der Waals surface area contributed by atoms with E-state index in [0.29, 0.717) is 4.47 Å². The summed E-state index contributed by atoms with van der Waals surface area (Å²) in [6, 6.07) is 4.28. The van der Waals surface area contributed by atoms with Gasteiger partial charge >= 0.3 is 6.09 Å². The first-order chi connectivity index (χ1) is 8.14. The molecule has 6 nitrogen and oxygen atoms in total. The number of hydrogen-bond acceptors (Lipinski definition) is 3. The van der Waals surface area contributed by atoms with Crippen molar-refractivity contribution in [2.24, 2.45) is 0 Å². The van der Waals surface area contributed by atoms with Gasteiger partial charge < -0.3 is 5.11 Å². The maximum atomic E-state index is 11.3. The fourth-order valence-electron chi connectivity index (χ4n) is 1.58. The van der Waals surface area contributed by atoms with E-state index in [1.165, 1.54) is 12.1 Å². The largest absolute Gasteiger partial charge is 0.465 e. The van der Waals surface area contributed by atoms with Crippen LogP contribution in [0.3, 0.4) is 0 Å². The first-order valence-electron chi connectivity index (χ1n) is 5.11. The molecule has 0 saturated heterocycles. The second-order valence-electron chi connectivity index (χ2n) is 4.68. The lowest BCUT2D eigenvalue weighted by Gasteiger charge is -2.32. The monoisotopic (exact) mass is 316 g/mol. The highest BCUT2D eigenvalue weighted by molar-refractivity contribution is 9.10. The first-order valence-corrected chi connectivity index (χ1v) is 5.91. The number of nitro groups is 1. The second kappa shape index (κ2) is 4.93. The maximum absolute atomic E-state index is 11.3. The van der Waals surface area contributed by atoms with Crippen molar-refractivity contribution in [3.63, 3.8) is 0 Å². The van der Waals surface area contributed by atoms with E-state index in [1.54, 1.807) is 26.8 Å². The summed E-state index contributed by atoms with van der Waals surface area (Å²) < 4.78 is 0.525. The summed E-state index contributed by atoms with van der Waals surface area (Å²) in [5, 5.41) is 20.2. The summed E-state index contributed by atoms with van der Waals surface area (Å²) in [5.41, 5.74) is -0.963. The van der Waals surface area contributed by atoms with Crippen LogP contribution in [0.5, 0.6) is 0 Å². The predicted octanol–water partition coefficient (Wildman–Crippen LogP) is 3.64. The fourth-order valence-corrected chi connectivity index (χ4v) is 1.93. The average Bonchev–Trinajstić information content (AvgIpc) is 2.17. The Labute approximate surface area is 112 Å². The van der Waals surface area contributed by atoms with Crippen LogP contribution in [0.2, 0.25) is 0 Å². The minimum atomic E-state index is -1.23. The van der Waals surface area contributed by atoms with Gasteiger partial charge in [-0.15, -0.1) is 0 Å². The van der Waals surface area contributed by atoms with Crippen LogP contribution in [0.1, 0.15) is 20.8 Å². The van der Waals surface area contributed by atoms with Crippen LogP contribution in [-0.4, -0.2) is 21.7 Å². The topological polar surface area (TPSA) is 83.7 Å². The molecule has 0 aromatic heterocycles. The Balaban J connectivity index is 3.47. The average molecular weight is 317 g/mol. The molecule has 0 aliphatic heterocycles. The van der Waals surface area contributed by atoms with Crippen molar-refractivity contribution in [3.05, 3.63) is 32.8 Å². The number of carbonyl (C=O) groups is 1. The zero-order valence-electron chi connectivity index (χ0n) is 10.2. The molecule has 0 saturated carbocycles. The predicted molar refractivity (Wildman–Crippen MR) is 71.1 cm³/mol. The summed E-state index contributed by atoms with van der Waals surface area (Å²) in [6.07, 6.45) is -1.23. The quantitative estimate of drug-likeness (QED) is 0.666. The van der Waals surface area contributed by atoms with Crippen LogP contribution in [0, 0.1) is 10.1 Å². The van der Waals surface area contributed by atoms with Gasteiger partial charge in [0.05, 0.1) is 4.92 Å². The van der Waals surface area contributed by atoms with Gasteiger partial charge in [-0.3, -0.25) is 15.0 Å². The third-order valence-electron chi connectivity index (χ3n) is 2.24. The molecule has 98 valence electrons. The SMILES string of the molecule is CC(C)(C)N(C(=O)O)c1ccc(Br)cc1[N+](=O)[O-]. The van der Waals surface area contributed by atoms with Crippen molar-refractivity contribution in [2.45, 2.75) is 26.3 Å². The van der Waals surface area contributed by atoms with Gasteiger partial charge in [0.25, 0.3) is 5.69 Å². The molecule has 18 heavy (non-hydrogen) atoms. The Kier molecular flexibility index (Phi) is 3.95. The Morgan fingerprint density at radius 3 is 2.39 bits per heavy atom. The molecule has 1 N–H and O–H groups in total. The Hall–Kier alpha value is -1.63. The van der Waals surface area contributed by atoms with Crippen molar-refractivity contribution in [1.82, 2.24) is 0 Å². The molecule has 1 aromatic carbocycles. The van der Waals surface area contributed by atoms with E-state index in [-0.39, 0.29) is 11.4 Å². The van der Waals surface area contributed by atoms with Gasteiger partial charge in [0.2, 0.25) is 0 Å². The van der Waals surface area contributed by atoms with Gasteiger partial charge in [-0.1, -0.05) is 15.9 Å². The minimum absolute atomic E-state index is 0.0585. The third-order valence-corrected chi connectivity index (χ3v) is 2.73. The van der Waals surface area contributed by atoms with Gasteiger partial charge in [0.1, 0.15) is 5.69 Å². The number of halogens is 1. The van der Waals surface area contributed by atoms with Crippen LogP contribution >= 0.6 is 15.9 Å². The van der Waals surface area contributed by atoms with Crippen molar-refractivity contribution in [3.8, 4) is 0 Å². The summed E-state index contributed by atoms with van der Waals surface area (Å²) >= 11 is 3.13. The van der Waals surface area contributed by atoms with E-state index in [0.717, 1.165) is 4.90 Å². The van der Waals surface area contributed by atoms with Crippen molar-refractivity contribution in [1.29, 1.82) is 0 Å². The molecule has 1 aromatic rings. The van der Waals surface area contributed by atoms with Gasteiger partial charge in [-0.25, -0.2) is 4.79 Å². The number of hydrogen-bond donors (Lipinski definition) is 1. The number of benzene rings is 1. The van der Waals surface area contributed by atoms with E-state index < -0.39 is 16.6 Å². The molecule has 0 atom stereocenters. The molecular formula is C11H13BrN2O4. The highest BCUT2D eigenvalue weighted by Crippen LogP contribution is 2.34. The number of carboxylic acid groups (broad SMARTS) is 1. The Bertz CT molecular complexity index is 496. The lowest BCUT2D eigenvalue weighted by Crippen LogP contribution is -2.45. The molecule has 0 fully saturated rings. The highest BCUT2D eigenvalue weighted by Gasteiger charge is 2.33. The van der Waals surface area contributed by atoms with Gasteiger partial charge in [-0.05, 0) is 32.9 Å². The van der Waals surface area contributed by atoms with Crippen LogP contribution in [0.4, 0.5) is 16.2 Å². The molecule has 0 aliphatic carbocycles. The zero-order valence-corrected chi connectivity index (χ0v) is 11.8. The lowest BCUT2D eigenvalue weighted by atomic mass is 10.0. The summed E-state index contributed by atoms with van der Waals surface area (Å²) in [7, 11) is 0. The number of rotatable bonds is 2. The molecule has 0 heterocycles. The second-order valence-corrected chi connectivity index (χ2v) is 5.59. The van der Waals surface area contributed by atoms with Crippen molar-refractivity contribution < 1.29 is 14.8 Å². The molecule has 1 amide bonds. The molecule has 0 radical (unpaired) electrons. The van der Waals surface area contributed by atoms with E-state index >= 15 is 0 Å². The Morgan fingerprint density at radius 1 is 1.44 bits per heavy atom. The standard InChI is InChI=1S/C11H13BrN2O4/c1-11(2,3)13(10(15)16)8-5-4-7(12)6-9(8)14(17)18/h4-6H,1-3H3,(H,15,16). The number of nitrogens with zero attached hydrogens (tertiary/aromatic N) is 2.